The summed E-state index contributed by atoms with van der Waals surface area (Å²) in [6.45, 7) is 5.63. The van der Waals surface area contributed by atoms with Gasteiger partial charge >= 0.3 is 0 Å². The summed E-state index contributed by atoms with van der Waals surface area (Å²) in [4.78, 5) is 14.3. The van der Waals surface area contributed by atoms with Gasteiger partial charge in [0.2, 0.25) is 0 Å². The molecule has 22 heavy (non-hydrogen) atoms. The fourth-order valence-electron chi connectivity index (χ4n) is 3.11. The van der Waals surface area contributed by atoms with Gasteiger partial charge in [0.25, 0.3) is 5.91 Å². The van der Waals surface area contributed by atoms with Crippen LogP contribution in [0.5, 0.6) is 0 Å². The minimum Gasteiger partial charge on any atom is -0.376 e. The van der Waals surface area contributed by atoms with Gasteiger partial charge < -0.3 is 15.0 Å². The van der Waals surface area contributed by atoms with Crippen molar-refractivity contribution in [3.05, 3.63) is 17.8 Å². The van der Waals surface area contributed by atoms with Crippen molar-refractivity contribution in [3.8, 4) is 0 Å². The molecule has 6 nitrogen and oxygen atoms in total. The molecule has 6 heteroatoms. The molecule has 0 aromatic carbocycles. The van der Waals surface area contributed by atoms with Crippen LogP contribution in [-0.2, 0) is 4.74 Å². The Balaban J connectivity index is 1.54. The van der Waals surface area contributed by atoms with Crippen molar-refractivity contribution in [3.63, 3.8) is 0 Å². The highest BCUT2D eigenvalue weighted by atomic mass is 16.5. The Kier molecular flexibility index (Phi) is 4.87. The lowest BCUT2D eigenvalue weighted by Gasteiger charge is -2.31. The van der Waals surface area contributed by atoms with Crippen LogP contribution in [0.25, 0.3) is 0 Å². The van der Waals surface area contributed by atoms with Crippen LogP contribution in [-0.4, -0.2) is 48.4 Å². The first kappa shape index (κ1) is 15.2. The van der Waals surface area contributed by atoms with Gasteiger partial charge in [-0.25, -0.2) is 0 Å². The maximum Gasteiger partial charge on any atom is 0.271 e. The number of rotatable bonds is 4. The average Bonchev–Trinajstić information content (AvgIpc) is 3.06. The van der Waals surface area contributed by atoms with Crippen LogP contribution >= 0.6 is 0 Å². The van der Waals surface area contributed by atoms with E-state index in [-0.39, 0.29) is 12.0 Å². The molecule has 2 fully saturated rings. The standard InChI is InChI=1S/C16H24N4O2/c1-12-4-2-8-20(11-12)15-7-6-14(18-19-15)16(21)17-10-13-5-3-9-22-13/h6-7,12-13H,2-5,8-11H2,1H3,(H,17,21). The SMILES string of the molecule is CC1CCCN(c2ccc(C(=O)NCC3CCCO3)nn2)C1. The smallest absolute Gasteiger partial charge is 0.271 e. The van der Waals surface area contributed by atoms with Gasteiger partial charge in [-0.2, -0.15) is 0 Å². The van der Waals surface area contributed by atoms with Crippen LogP contribution in [0.4, 0.5) is 5.82 Å². The summed E-state index contributed by atoms with van der Waals surface area (Å²) in [5, 5.41) is 11.2. The van der Waals surface area contributed by atoms with Crippen LogP contribution in [0.15, 0.2) is 12.1 Å². The summed E-state index contributed by atoms with van der Waals surface area (Å²) in [7, 11) is 0. The molecular weight excluding hydrogens is 280 g/mol. The van der Waals surface area contributed by atoms with Crippen molar-refractivity contribution in [1.29, 1.82) is 0 Å². The number of hydrogen-bond acceptors (Lipinski definition) is 5. The average molecular weight is 304 g/mol. The highest BCUT2D eigenvalue weighted by molar-refractivity contribution is 5.92. The summed E-state index contributed by atoms with van der Waals surface area (Å²) in [5.41, 5.74) is 0.367. The second kappa shape index (κ2) is 7.05. The molecule has 2 unspecified atom stereocenters. The van der Waals surface area contributed by atoms with E-state index in [1.54, 1.807) is 6.07 Å². The number of nitrogens with zero attached hydrogens (tertiary/aromatic N) is 3. The number of anilines is 1. The van der Waals surface area contributed by atoms with Crippen LogP contribution in [0, 0.1) is 5.92 Å². The number of amides is 1. The molecule has 1 aromatic heterocycles. The van der Waals surface area contributed by atoms with Crippen molar-refractivity contribution in [2.24, 2.45) is 5.92 Å². The summed E-state index contributed by atoms with van der Waals surface area (Å²) >= 11 is 0. The van der Waals surface area contributed by atoms with Crippen LogP contribution in [0.1, 0.15) is 43.1 Å². The fraction of sp³-hybridized carbons (Fsp3) is 0.688. The topological polar surface area (TPSA) is 67.4 Å². The molecule has 2 atom stereocenters. The van der Waals surface area contributed by atoms with E-state index in [2.05, 4.69) is 27.3 Å². The molecule has 2 saturated heterocycles. The molecule has 1 aromatic rings. The van der Waals surface area contributed by atoms with Crippen molar-refractivity contribution in [1.82, 2.24) is 15.5 Å². The highest BCUT2D eigenvalue weighted by Crippen LogP contribution is 2.20. The molecule has 0 saturated carbocycles. The Morgan fingerprint density at radius 2 is 2.27 bits per heavy atom. The summed E-state index contributed by atoms with van der Waals surface area (Å²) in [6, 6.07) is 3.65. The first-order chi connectivity index (χ1) is 10.7. The highest BCUT2D eigenvalue weighted by Gasteiger charge is 2.19. The van der Waals surface area contributed by atoms with Gasteiger partial charge in [-0.15, -0.1) is 10.2 Å². The van der Waals surface area contributed by atoms with E-state index < -0.39 is 0 Å². The maximum absolute atomic E-state index is 12.1. The Bertz CT molecular complexity index is 499. The summed E-state index contributed by atoms with van der Waals surface area (Å²) in [5.74, 6) is 1.37. The second-order valence-electron chi connectivity index (χ2n) is 6.32. The zero-order valence-electron chi connectivity index (χ0n) is 13.1. The largest absolute Gasteiger partial charge is 0.376 e. The van der Waals surface area contributed by atoms with E-state index >= 15 is 0 Å². The lowest BCUT2D eigenvalue weighted by molar-refractivity contribution is 0.0853. The van der Waals surface area contributed by atoms with Gasteiger partial charge in [-0.3, -0.25) is 4.79 Å². The predicted octanol–water partition coefficient (Wildman–Crippen LogP) is 1.62. The van der Waals surface area contributed by atoms with Crippen LogP contribution < -0.4 is 10.2 Å². The number of carbonyl (C=O) groups excluding carboxylic acids is 1. The normalized spacial score (nSPS) is 25.2. The third kappa shape index (κ3) is 3.74. The molecule has 2 aliphatic heterocycles. The first-order valence-corrected chi connectivity index (χ1v) is 8.21. The lowest BCUT2D eigenvalue weighted by atomic mass is 10.0. The third-order valence-corrected chi connectivity index (χ3v) is 4.38. The molecule has 1 amide bonds. The summed E-state index contributed by atoms with van der Waals surface area (Å²) in [6.07, 6.45) is 4.69. The molecule has 0 spiro atoms. The zero-order chi connectivity index (χ0) is 15.4. The van der Waals surface area contributed by atoms with Crippen molar-refractivity contribution >= 4 is 11.7 Å². The van der Waals surface area contributed by atoms with Crippen molar-refractivity contribution in [2.75, 3.05) is 31.1 Å². The molecular formula is C16H24N4O2. The minimum absolute atomic E-state index is 0.144. The molecule has 0 bridgehead atoms. The van der Waals surface area contributed by atoms with E-state index in [0.717, 1.165) is 38.4 Å². The van der Waals surface area contributed by atoms with Crippen molar-refractivity contribution < 1.29 is 9.53 Å². The Morgan fingerprint density at radius 3 is 2.95 bits per heavy atom. The molecule has 3 rings (SSSR count). The van der Waals surface area contributed by atoms with Crippen LogP contribution in [0.3, 0.4) is 0 Å². The molecule has 3 heterocycles. The maximum atomic E-state index is 12.1. The van der Waals surface area contributed by atoms with E-state index in [1.165, 1.54) is 12.8 Å². The molecule has 120 valence electrons. The number of piperidine rings is 1. The first-order valence-electron chi connectivity index (χ1n) is 8.21. The second-order valence-corrected chi connectivity index (χ2v) is 6.32. The van der Waals surface area contributed by atoms with E-state index in [0.29, 0.717) is 18.2 Å². The van der Waals surface area contributed by atoms with Gasteiger partial charge in [-0.1, -0.05) is 6.92 Å². The Morgan fingerprint density at radius 1 is 1.36 bits per heavy atom. The Labute approximate surface area is 131 Å². The lowest BCUT2D eigenvalue weighted by Crippen LogP contribution is -2.35. The molecule has 0 aliphatic carbocycles. The van der Waals surface area contributed by atoms with E-state index in [9.17, 15) is 4.79 Å². The molecule has 0 radical (unpaired) electrons. The zero-order valence-corrected chi connectivity index (χ0v) is 13.1. The number of carbonyl (C=O) groups is 1. The quantitative estimate of drug-likeness (QED) is 0.915. The fourth-order valence-corrected chi connectivity index (χ4v) is 3.11. The van der Waals surface area contributed by atoms with E-state index in [4.69, 9.17) is 4.74 Å². The number of aromatic nitrogens is 2. The Hall–Kier alpha value is -1.69. The molecule has 2 aliphatic rings. The van der Waals surface area contributed by atoms with Crippen LogP contribution in [0.2, 0.25) is 0 Å². The number of hydrogen-bond donors (Lipinski definition) is 1. The third-order valence-electron chi connectivity index (χ3n) is 4.38. The monoisotopic (exact) mass is 304 g/mol. The van der Waals surface area contributed by atoms with Gasteiger partial charge in [-0.05, 0) is 43.7 Å². The molecule has 1 N–H and O–H groups in total. The van der Waals surface area contributed by atoms with Gasteiger partial charge in [0.15, 0.2) is 11.5 Å². The van der Waals surface area contributed by atoms with Gasteiger partial charge in [0.1, 0.15) is 0 Å². The van der Waals surface area contributed by atoms with Gasteiger partial charge in [0.05, 0.1) is 6.10 Å². The number of nitrogens with one attached hydrogen (secondary N) is 1. The van der Waals surface area contributed by atoms with Gasteiger partial charge in [0, 0.05) is 26.2 Å². The summed E-state index contributed by atoms with van der Waals surface area (Å²) < 4.78 is 5.49. The van der Waals surface area contributed by atoms with Crippen molar-refractivity contribution in [2.45, 2.75) is 38.7 Å². The predicted molar refractivity (Wildman–Crippen MR) is 84.0 cm³/mol. The number of ether oxygens (including phenoxy) is 1. The minimum atomic E-state index is -0.179. The van der Waals surface area contributed by atoms with E-state index in [1.807, 2.05) is 6.07 Å².